The van der Waals surface area contributed by atoms with Gasteiger partial charge in [0.05, 0.1) is 0 Å². The summed E-state index contributed by atoms with van der Waals surface area (Å²) in [4.78, 5) is 9.28. The van der Waals surface area contributed by atoms with Crippen molar-refractivity contribution in [3.05, 3.63) is 34.3 Å². The molecule has 0 unspecified atom stereocenters. The van der Waals surface area contributed by atoms with Crippen LogP contribution in [0.5, 0.6) is 0 Å². The van der Waals surface area contributed by atoms with Crippen LogP contribution < -0.4 is 0 Å². The van der Waals surface area contributed by atoms with E-state index in [1.807, 2.05) is 0 Å². The standard InChI is InChI=1S/C16H10N2S2Se/c1-7-17-11-3-9-10-4-12-14(20-8(2)18-12)6-16(10)21-15(9)5-13(11)19-7/h3-6H,1-2H3. The van der Waals surface area contributed by atoms with Gasteiger partial charge in [0, 0.05) is 0 Å². The number of aryl methyl sites for hydroxylation is 2. The number of hydrogen-bond acceptors (Lipinski definition) is 4. The molecule has 0 spiro atoms. The summed E-state index contributed by atoms with van der Waals surface area (Å²) >= 11 is 3.99. The van der Waals surface area contributed by atoms with Gasteiger partial charge in [-0.2, -0.15) is 0 Å². The first kappa shape index (κ1) is 12.3. The van der Waals surface area contributed by atoms with Crippen molar-refractivity contribution in [1.29, 1.82) is 0 Å². The summed E-state index contributed by atoms with van der Waals surface area (Å²) in [5.74, 6) is 0. The SMILES string of the molecule is Cc1nc2cc3c(cc2s1)[se]c1cc2sc(C)nc2cc13. The predicted octanol–water partition coefficient (Wildman–Crippen LogP) is 4.89. The molecule has 0 aliphatic carbocycles. The van der Waals surface area contributed by atoms with Gasteiger partial charge in [-0.1, -0.05) is 0 Å². The van der Waals surface area contributed by atoms with E-state index in [2.05, 4.69) is 48.1 Å². The zero-order valence-electron chi connectivity index (χ0n) is 11.4. The van der Waals surface area contributed by atoms with E-state index in [9.17, 15) is 0 Å². The Morgan fingerprint density at radius 2 is 1.24 bits per heavy atom. The molecular formula is C16H10N2S2Se. The molecule has 5 heteroatoms. The minimum absolute atomic E-state index is 0.406. The van der Waals surface area contributed by atoms with Crippen molar-refractivity contribution < 1.29 is 0 Å². The van der Waals surface area contributed by atoms with Gasteiger partial charge in [0.2, 0.25) is 0 Å². The van der Waals surface area contributed by atoms with E-state index >= 15 is 0 Å². The molecule has 21 heavy (non-hydrogen) atoms. The maximum absolute atomic E-state index is 4.64. The van der Waals surface area contributed by atoms with Gasteiger partial charge in [-0.05, 0) is 0 Å². The number of aromatic nitrogens is 2. The summed E-state index contributed by atoms with van der Waals surface area (Å²) < 4.78 is 5.61. The van der Waals surface area contributed by atoms with E-state index in [-0.39, 0.29) is 0 Å². The summed E-state index contributed by atoms with van der Waals surface area (Å²) in [6.45, 7) is 4.16. The van der Waals surface area contributed by atoms with Crippen molar-refractivity contribution in [2.45, 2.75) is 13.8 Å². The number of hydrogen-bond donors (Lipinski definition) is 0. The Morgan fingerprint density at radius 3 is 1.71 bits per heavy atom. The van der Waals surface area contributed by atoms with Crippen molar-refractivity contribution in [2.75, 3.05) is 0 Å². The molecular weight excluding hydrogens is 363 g/mol. The van der Waals surface area contributed by atoms with Gasteiger partial charge in [-0.3, -0.25) is 0 Å². The molecule has 0 amide bonds. The molecule has 0 fully saturated rings. The number of fused-ring (bicyclic) bond motifs is 5. The monoisotopic (exact) mass is 374 g/mol. The van der Waals surface area contributed by atoms with Crippen molar-refractivity contribution in [3.63, 3.8) is 0 Å². The van der Waals surface area contributed by atoms with Gasteiger partial charge < -0.3 is 0 Å². The first-order valence-corrected chi connectivity index (χ1v) is 10.0. The van der Waals surface area contributed by atoms with E-state index in [0.29, 0.717) is 14.5 Å². The molecule has 0 saturated carbocycles. The summed E-state index contributed by atoms with van der Waals surface area (Å²) in [5, 5.41) is 5.03. The van der Waals surface area contributed by atoms with Crippen molar-refractivity contribution in [2.24, 2.45) is 0 Å². The van der Waals surface area contributed by atoms with E-state index < -0.39 is 0 Å². The molecule has 0 radical (unpaired) electrons. The molecule has 0 bridgehead atoms. The second-order valence-electron chi connectivity index (χ2n) is 5.20. The van der Waals surface area contributed by atoms with E-state index in [1.54, 1.807) is 22.7 Å². The third-order valence-electron chi connectivity index (χ3n) is 3.70. The van der Waals surface area contributed by atoms with Crippen molar-refractivity contribution in [3.8, 4) is 0 Å². The molecule has 0 N–H and O–H groups in total. The molecule has 0 aliphatic heterocycles. The number of nitrogens with zero attached hydrogens (tertiary/aromatic N) is 2. The normalized spacial score (nSPS) is 12.3. The van der Waals surface area contributed by atoms with Gasteiger partial charge >= 0.3 is 135 Å². The topological polar surface area (TPSA) is 25.8 Å². The number of rotatable bonds is 0. The van der Waals surface area contributed by atoms with Crippen LogP contribution in [-0.2, 0) is 0 Å². The molecule has 3 aromatic heterocycles. The van der Waals surface area contributed by atoms with Crippen LogP contribution in [0.1, 0.15) is 10.0 Å². The van der Waals surface area contributed by atoms with Gasteiger partial charge in [-0.15, -0.1) is 0 Å². The molecule has 102 valence electrons. The number of thiazole rings is 2. The molecule has 0 atom stereocenters. The Hall–Kier alpha value is -1.26. The summed E-state index contributed by atoms with van der Waals surface area (Å²) in [6, 6.07) is 9.24. The first-order valence-electron chi connectivity index (χ1n) is 6.68. The average Bonchev–Trinajstić information content (AvgIpc) is 3.05. The van der Waals surface area contributed by atoms with Crippen LogP contribution in [-0.4, -0.2) is 24.5 Å². The fraction of sp³-hybridized carbons (Fsp3) is 0.125. The van der Waals surface area contributed by atoms with Crippen LogP contribution in [0.3, 0.4) is 0 Å². The molecule has 0 aliphatic rings. The third-order valence-corrected chi connectivity index (χ3v) is 7.91. The molecule has 3 heterocycles. The van der Waals surface area contributed by atoms with Crippen LogP contribution in [0.2, 0.25) is 0 Å². The summed E-state index contributed by atoms with van der Waals surface area (Å²) in [6.07, 6.45) is 0. The van der Waals surface area contributed by atoms with Crippen molar-refractivity contribution in [1.82, 2.24) is 9.97 Å². The van der Waals surface area contributed by atoms with E-state index in [4.69, 9.17) is 0 Å². The molecule has 5 aromatic rings. The summed E-state index contributed by atoms with van der Waals surface area (Å²) in [7, 11) is 0. The first-order chi connectivity index (χ1) is 10.2. The van der Waals surface area contributed by atoms with Gasteiger partial charge in [0.25, 0.3) is 0 Å². The molecule has 0 saturated heterocycles. The number of benzene rings is 2. The zero-order chi connectivity index (χ0) is 14.1. The Balaban J connectivity index is 1.97. The van der Waals surface area contributed by atoms with Crippen LogP contribution >= 0.6 is 22.7 Å². The quantitative estimate of drug-likeness (QED) is 0.361. The van der Waals surface area contributed by atoms with Gasteiger partial charge in [0.15, 0.2) is 0 Å². The van der Waals surface area contributed by atoms with Crippen molar-refractivity contribution >= 4 is 76.9 Å². The van der Waals surface area contributed by atoms with Crippen LogP contribution in [0.4, 0.5) is 0 Å². The van der Waals surface area contributed by atoms with Crippen LogP contribution in [0.25, 0.3) is 39.7 Å². The fourth-order valence-electron chi connectivity index (χ4n) is 2.85. The predicted molar refractivity (Wildman–Crippen MR) is 94.2 cm³/mol. The third kappa shape index (κ3) is 1.75. The molecule has 5 rings (SSSR count). The Labute approximate surface area is 134 Å². The Kier molecular flexibility index (Phi) is 2.43. The van der Waals surface area contributed by atoms with Crippen LogP contribution in [0, 0.1) is 13.8 Å². The average molecular weight is 373 g/mol. The Bertz CT molecular complexity index is 1070. The maximum atomic E-state index is 4.64. The van der Waals surface area contributed by atoms with Crippen LogP contribution in [0.15, 0.2) is 24.3 Å². The van der Waals surface area contributed by atoms with Gasteiger partial charge in [0.1, 0.15) is 0 Å². The molecule has 2 aromatic carbocycles. The Morgan fingerprint density at radius 1 is 0.762 bits per heavy atom. The zero-order valence-corrected chi connectivity index (χ0v) is 14.8. The van der Waals surface area contributed by atoms with E-state index in [0.717, 1.165) is 21.0 Å². The van der Waals surface area contributed by atoms with Gasteiger partial charge in [-0.25, -0.2) is 0 Å². The molecule has 2 nitrogen and oxygen atoms in total. The fourth-order valence-corrected chi connectivity index (χ4v) is 7.29. The van der Waals surface area contributed by atoms with E-state index in [1.165, 1.54) is 28.7 Å². The second kappa shape index (κ2) is 4.14. The second-order valence-corrected chi connectivity index (χ2v) is 9.94. The minimum atomic E-state index is 0.406. The summed E-state index contributed by atoms with van der Waals surface area (Å²) in [5.41, 5.74) is 2.27.